The minimum Gasteiger partial charge on any atom is -0.395 e. The Balaban J connectivity index is 2.43. The van der Waals surface area contributed by atoms with E-state index in [0.717, 1.165) is 0 Å². The number of hydrogen-bond acceptors (Lipinski definition) is 5. The molecule has 5 nitrogen and oxygen atoms in total. The first kappa shape index (κ1) is 6.88. The summed E-state index contributed by atoms with van der Waals surface area (Å²) in [6, 6.07) is 0. The van der Waals surface area contributed by atoms with Crippen LogP contribution < -0.4 is 5.32 Å². The van der Waals surface area contributed by atoms with Crippen LogP contribution in [0.5, 0.6) is 0 Å². The summed E-state index contributed by atoms with van der Waals surface area (Å²) in [6.45, 7) is 0.518. The van der Waals surface area contributed by atoms with Crippen LogP contribution in [0.3, 0.4) is 0 Å². The summed E-state index contributed by atoms with van der Waals surface area (Å²) in [4.78, 5) is 3.82. The van der Waals surface area contributed by atoms with Gasteiger partial charge in [0.25, 0.3) is 0 Å². The first-order chi connectivity index (χ1) is 4.93. The lowest BCUT2D eigenvalue weighted by Gasteiger charge is -1.97. The fraction of sp³-hybridized carbons (Fsp3) is 0.400. The van der Waals surface area contributed by atoms with E-state index in [0.29, 0.717) is 12.5 Å². The Labute approximate surface area is 58.1 Å². The highest BCUT2D eigenvalue weighted by Crippen LogP contribution is 1.88. The van der Waals surface area contributed by atoms with E-state index < -0.39 is 0 Å². The van der Waals surface area contributed by atoms with Gasteiger partial charge in [0.2, 0.25) is 5.95 Å². The molecule has 1 rings (SSSR count). The predicted molar refractivity (Wildman–Crippen MR) is 35.4 cm³/mol. The molecular weight excluding hydrogens is 132 g/mol. The molecule has 0 bridgehead atoms. The van der Waals surface area contributed by atoms with E-state index in [1.54, 1.807) is 0 Å². The van der Waals surface area contributed by atoms with Gasteiger partial charge in [-0.1, -0.05) is 0 Å². The third-order valence-corrected chi connectivity index (χ3v) is 0.878. The summed E-state index contributed by atoms with van der Waals surface area (Å²) in [5.74, 6) is 0.441. The Morgan fingerprint density at radius 3 is 3.00 bits per heavy atom. The predicted octanol–water partition coefficient (Wildman–Crippen LogP) is -0.724. The smallest absolute Gasteiger partial charge is 0.242 e. The van der Waals surface area contributed by atoms with Gasteiger partial charge in [0.1, 0.15) is 0 Å². The number of rotatable bonds is 3. The second kappa shape index (κ2) is 3.73. The van der Waals surface area contributed by atoms with Crippen LogP contribution in [0, 0.1) is 0 Å². The maximum Gasteiger partial charge on any atom is 0.242 e. The minimum atomic E-state index is 0.0677. The van der Waals surface area contributed by atoms with Gasteiger partial charge in [-0.05, 0) is 0 Å². The Kier molecular flexibility index (Phi) is 2.57. The van der Waals surface area contributed by atoms with Crippen LogP contribution in [0.4, 0.5) is 5.95 Å². The zero-order valence-corrected chi connectivity index (χ0v) is 5.36. The van der Waals surface area contributed by atoms with Crippen LogP contribution in [0.25, 0.3) is 0 Å². The molecule has 2 N–H and O–H groups in total. The van der Waals surface area contributed by atoms with Crippen LogP contribution in [0.1, 0.15) is 0 Å². The van der Waals surface area contributed by atoms with E-state index in [2.05, 4.69) is 20.5 Å². The average Bonchev–Trinajstić information content (AvgIpc) is 2.03. The zero-order valence-electron chi connectivity index (χ0n) is 5.36. The van der Waals surface area contributed by atoms with Crippen LogP contribution in [0.2, 0.25) is 0 Å². The number of nitrogens with one attached hydrogen (secondary N) is 1. The molecule has 54 valence electrons. The highest BCUT2D eigenvalue weighted by molar-refractivity contribution is 5.19. The normalized spacial score (nSPS) is 9.30. The number of aliphatic hydroxyl groups excluding tert-OH is 1. The Bertz CT molecular complexity index is 178. The van der Waals surface area contributed by atoms with Gasteiger partial charge in [-0.3, -0.25) is 0 Å². The van der Waals surface area contributed by atoms with Gasteiger partial charge >= 0.3 is 0 Å². The van der Waals surface area contributed by atoms with Crippen molar-refractivity contribution in [3.8, 4) is 0 Å². The second-order valence-electron chi connectivity index (χ2n) is 1.62. The number of aliphatic hydroxyl groups is 1. The van der Waals surface area contributed by atoms with Crippen molar-refractivity contribution in [3.05, 3.63) is 12.4 Å². The largest absolute Gasteiger partial charge is 0.395 e. The lowest BCUT2D eigenvalue weighted by Crippen LogP contribution is -2.08. The van der Waals surface area contributed by atoms with Crippen molar-refractivity contribution in [3.63, 3.8) is 0 Å². The van der Waals surface area contributed by atoms with Crippen molar-refractivity contribution >= 4 is 5.95 Å². The summed E-state index contributed by atoms with van der Waals surface area (Å²) < 4.78 is 0. The fourth-order valence-corrected chi connectivity index (χ4v) is 0.496. The number of hydrogen-bond donors (Lipinski definition) is 2. The Morgan fingerprint density at radius 2 is 2.40 bits per heavy atom. The van der Waals surface area contributed by atoms with Crippen LogP contribution >= 0.6 is 0 Å². The molecule has 0 saturated carbocycles. The fourth-order valence-electron chi connectivity index (χ4n) is 0.496. The van der Waals surface area contributed by atoms with Gasteiger partial charge in [0.15, 0.2) is 0 Å². The topological polar surface area (TPSA) is 70.9 Å². The summed E-state index contributed by atoms with van der Waals surface area (Å²) in [6.07, 6.45) is 3.02. The molecule has 0 atom stereocenters. The average molecular weight is 140 g/mol. The summed E-state index contributed by atoms with van der Waals surface area (Å²) in [5.41, 5.74) is 0. The van der Waals surface area contributed by atoms with E-state index in [1.165, 1.54) is 12.4 Å². The summed E-state index contributed by atoms with van der Waals surface area (Å²) in [5, 5.41) is 18.4. The van der Waals surface area contributed by atoms with Crippen molar-refractivity contribution in [2.24, 2.45) is 0 Å². The molecule has 0 spiro atoms. The molecule has 1 aromatic rings. The number of nitrogens with zero attached hydrogens (tertiary/aromatic N) is 3. The molecule has 0 aromatic carbocycles. The van der Waals surface area contributed by atoms with Gasteiger partial charge in [-0.15, -0.1) is 5.10 Å². The van der Waals surface area contributed by atoms with Crippen molar-refractivity contribution in [1.82, 2.24) is 15.2 Å². The van der Waals surface area contributed by atoms with Gasteiger partial charge in [0, 0.05) is 6.54 Å². The lowest BCUT2D eigenvalue weighted by molar-refractivity contribution is 0.310. The highest BCUT2D eigenvalue weighted by Gasteiger charge is 1.89. The molecule has 0 aliphatic carbocycles. The Hall–Kier alpha value is -1.23. The van der Waals surface area contributed by atoms with E-state index in [-0.39, 0.29) is 6.61 Å². The Morgan fingerprint density at radius 1 is 1.50 bits per heavy atom. The van der Waals surface area contributed by atoms with Crippen molar-refractivity contribution in [2.45, 2.75) is 0 Å². The van der Waals surface area contributed by atoms with Gasteiger partial charge in [0.05, 0.1) is 19.0 Å². The maximum absolute atomic E-state index is 8.39. The number of anilines is 1. The third-order valence-electron chi connectivity index (χ3n) is 0.878. The van der Waals surface area contributed by atoms with E-state index in [1.807, 2.05) is 0 Å². The molecular formula is C5H8N4O. The SMILES string of the molecule is OCCNc1nccnn1. The molecule has 0 aliphatic rings. The zero-order chi connectivity index (χ0) is 7.23. The van der Waals surface area contributed by atoms with Crippen LogP contribution in [0.15, 0.2) is 12.4 Å². The summed E-state index contributed by atoms with van der Waals surface area (Å²) >= 11 is 0. The van der Waals surface area contributed by atoms with E-state index in [9.17, 15) is 0 Å². The molecule has 1 aromatic heterocycles. The van der Waals surface area contributed by atoms with Gasteiger partial charge in [-0.2, -0.15) is 5.10 Å². The molecule has 0 unspecified atom stereocenters. The quantitative estimate of drug-likeness (QED) is 0.579. The van der Waals surface area contributed by atoms with E-state index >= 15 is 0 Å². The van der Waals surface area contributed by atoms with Crippen molar-refractivity contribution in [1.29, 1.82) is 0 Å². The molecule has 0 radical (unpaired) electrons. The van der Waals surface area contributed by atoms with E-state index in [4.69, 9.17) is 5.11 Å². The first-order valence-corrected chi connectivity index (χ1v) is 2.92. The van der Waals surface area contributed by atoms with Crippen LogP contribution in [-0.4, -0.2) is 33.4 Å². The van der Waals surface area contributed by atoms with Crippen molar-refractivity contribution < 1.29 is 5.11 Å². The van der Waals surface area contributed by atoms with Crippen LogP contribution in [-0.2, 0) is 0 Å². The molecule has 5 heteroatoms. The molecule has 0 amide bonds. The number of aromatic nitrogens is 3. The standard InChI is InChI=1S/C5H8N4O/c10-4-3-7-5-6-1-2-8-9-5/h1-2,10H,3-4H2,(H,6,7,9). The lowest BCUT2D eigenvalue weighted by atomic mass is 10.7. The molecule has 0 saturated heterocycles. The van der Waals surface area contributed by atoms with Crippen molar-refractivity contribution in [2.75, 3.05) is 18.5 Å². The monoisotopic (exact) mass is 140 g/mol. The maximum atomic E-state index is 8.39. The highest BCUT2D eigenvalue weighted by atomic mass is 16.3. The minimum absolute atomic E-state index is 0.0677. The molecule has 0 fully saturated rings. The van der Waals surface area contributed by atoms with Gasteiger partial charge < -0.3 is 10.4 Å². The molecule has 10 heavy (non-hydrogen) atoms. The molecule has 0 aliphatic heterocycles. The second-order valence-corrected chi connectivity index (χ2v) is 1.62. The summed E-state index contributed by atoms with van der Waals surface area (Å²) in [7, 11) is 0. The third kappa shape index (κ3) is 1.94. The molecule has 1 heterocycles. The van der Waals surface area contributed by atoms with Gasteiger partial charge in [-0.25, -0.2) is 4.98 Å². The first-order valence-electron chi connectivity index (χ1n) is 2.92.